The molecule has 40 heavy (non-hydrogen) atoms. The monoisotopic (exact) mass is 530 g/mol. The lowest BCUT2D eigenvalue weighted by Gasteiger charge is -2.47. The third-order valence-corrected chi connectivity index (χ3v) is 8.56. The van der Waals surface area contributed by atoms with E-state index in [0.29, 0.717) is 6.04 Å². The Bertz CT molecular complexity index is 1380. The summed E-state index contributed by atoms with van der Waals surface area (Å²) in [5.41, 5.74) is 11.8. The Morgan fingerprint density at radius 3 is 2.55 bits per heavy atom. The summed E-state index contributed by atoms with van der Waals surface area (Å²) < 4.78 is 0. The molecule has 2 aromatic carbocycles. The van der Waals surface area contributed by atoms with E-state index in [1.165, 1.54) is 44.8 Å². The van der Waals surface area contributed by atoms with Crippen LogP contribution in [-0.4, -0.2) is 22.4 Å². The largest absolute Gasteiger partial charge is 0.367 e. The molecule has 2 heterocycles. The Balaban J connectivity index is 1.41. The van der Waals surface area contributed by atoms with E-state index < -0.39 is 0 Å². The maximum Gasteiger partial charge on any atom is 0.0491 e. The van der Waals surface area contributed by atoms with Gasteiger partial charge in [0.1, 0.15) is 0 Å². The van der Waals surface area contributed by atoms with E-state index in [2.05, 4.69) is 130 Å². The molecule has 3 aliphatic rings. The molecule has 0 N–H and O–H groups in total. The Kier molecular flexibility index (Phi) is 8.35. The van der Waals surface area contributed by atoms with Crippen molar-refractivity contribution in [3.63, 3.8) is 0 Å². The summed E-state index contributed by atoms with van der Waals surface area (Å²) in [5, 5.41) is 0. The third-order valence-electron chi connectivity index (χ3n) is 8.56. The summed E-state index contributed by atoms with van der Waals surface area (Å²) >= 11 is 0. The lowest BCUT2D eigenvalue weighted by atomic mass is 9.76. The van der Waals surface area contributed by atoms with Gasteiger partial charge in [0.2, 0.25) is 0 Å². The lowest BCUT2D eigenvalue weighted by molar-refractivity contribution is 0.189. The zero-order valence-electron chi connectivity index (χ0n) is 25.0. The molecule has 0 saturated carbocycles. The van der Waals surface area contributed by atoms with Gasteiger partial charge in [-0.1, -0.05) is 108 Å². The summed E-state index contributed by atoms with van der Waals surface area (Å²) in [4.78, 5) is 5.07. The first-order valence-corrected chi connectivity index (χ1v) is 15.1. The van der Waals surface area contributed by atoms with Crippen LogP contribution in [-0.2, 0) is 19.4 Å². The number of fused-ring (bicyclic) bond motifs is 3. The molecular weight excluding hydrogens is 484 g/mol. The minimum absolute atomic E-state index is 0.130. The molecule has 2 aliphatic heterocycles. The van der Waals surface area contributed by atoms with Gasteiger partial charge in [-0.15, -0.1) is 0 Å². The smallest absolute Gasteiger partial charge is 0.0491 e. The highest BCUT2D eigenvalue weighted by Crippen LogP contribution is 2.44. The average Bonchev–Trinajstić information content (AvgIpc) is 2.95. The van der Waals surface area contributed by atoms with Crippen LogP contribution in [0.5, 0.6) is 0 Å². The van der Waals surface area contributed by atoms with Crippen LogP contribution in [0.1, 0.15) is 75.6 Å². The molecule has 2 aromatic rings. The number of hydrogen-bond acceptors (Lipinski definition) is 2. The fraction of sp³-hybridized carbons (Fsp3) is 0.368. The Morgan fingerprint density at radius 1 is 1.05 bits per heavy atom. The highest BCUT2D eigenvalue weighted by molar-refractivity contribution is 5.77. The van der Waals surface area contributed by atoms with Gasteiger partial charge in [0.15, 0.2) is 0 Å². The maximum atomic E-state index is 4.45. The number of hydrogen-bond donors (Lipinski definition) is 0. The fourth-order valence-electron chi connectivity index (χ4n) is 6.29. The lowest BCUT2D eigenvalue weighted by Crippen LogP contribution is -2.45. The minimum Gasteiger partial charge on any atom is -0.367 e. The molecule has 1 atom stereocenters. The van der Waals surface area contributed by atoms with Crippen molar-refractivity contribution in [2.75, 3.05) is 6.54 Å². The van der Waals surface area contributed by atoms with Gasteiger partial charge in [0, 0.05) is 42.3 Å². The van der Waals surface area contributed by atoms with Gasteiger partial charge in [-0.05, 0) is 83.1 Å². The summed E-state index contributed by atoms with van der Waals surface area (Å²) in [6.45, 7) is 20.1. The number of allylic oxidation sites excluding steroid dienone is 7. The molecule has 0 fully saturated rings. The van der Waals surface area contributed by atoms with Gasteiger partial charge in [-0.3, -0.25) is 0 Å². The molecule has 5 rings (SSSR count). The highest BCUT2D eigenvalue weighted by atomic mass is 15.2. The molecule has 1 unspecified atom stereocenters. The number of rotatable bonds is 9. The second kappa shape index (κ2) is 11.9. The Morgan fingerprint density at radius 2 is 1.85 bits per heavy atom. The van der Waals surface area contributed by atoms with Gasteiger partial charge >= 0.3 is 0 Å². The van der Waals surface area contributed by atoms with Crippen LogP contribution in [0.4, 0.5) is 0 Å². The molecule has 0 amide bonds. The molecule has 2 nitrogen and oxygen atoms in total. The van der Waals surface area contributed by atoms with Crippen molar-refractivity contribution in [3.05, 3.63) is 137 Å². The predicted octanol–water partition coefficient (Wildman–Crippen LogP) is 9.39. The highest BCUT2D eigenvalue weighted by Gasteiger charge is 2.38. The molecule has 208 valence electrons. The first-order valence-electron chi connectivity index (χ1n) is 15.1. The minimum atomic E-state index is 0.130. The van der Waals surface area contributed by atoms with Crippen LogP contribution in [0.25, 0.3) is 5.70 Å². The van der Waals surface area contributed by atoms with Gasteiger partial charge in [0.25, 0.3) is 0 Å². The molecule has 0 radical (unpaired) electrons. The van der Waals surface area contributed by atoms with Crippen LogP contribution in [0.2, 0.25) is 0 Å². The van der Waals surface area contributed by atoms with E-state index in [0.717, 1.165) is 57.2 Å². The van der Waals surface area contributed by atoms with Crippen molar-refractivity contribution in [3.8, 4) is 0 Å². The van der Waals surface area contributed by atoms with Crippen LogP contribution < -0.4 is 0 Å². The van der Waals surface area contributed by atoms with E-state index in [9.17, 15) is 0 Å². The molecule has 1 aliphatic carbocycles. The van der Waals surface area contributed by atoms with Crippen molar-refractivity contribution in [2.24, 2.45) is 5.41 Å². The van der Waals surface area contributed by atoms with Gasteiger partial charge < -0.3 is 9.80 Å². The molecule has 0 aromatic heterocycles. The molecule has 0 saturated heterocycles. The Hall–Kier alpha value is -3.52. The summed E-state index contributed by atoms with van der Waals surface area (Å²) in [6, 6.07) is 18.4. The van der Waals surface area contributed by atoms with E-state index in [4.69, 9.17) is 0 Å². The SMILES string of the molecule is C=C1C=C2c3ccc(CCN(Cc4ccccc4)C4=CCCC=C4)cc3CC(C(C)(C)C)N2C=C1C(=C)CCC. The molecule has 2 heteroatoms. The Labute approximate surface area is 242 Å². The van der Waals surface area contributed by atoms with Gasteiger partial charge in [-0.25, -0.2) is 0 Å². The van der Waals surface area contributed by atoms with Crippen molar-refractivity contribution < 1.29 is 0 Å². The predicted molar refractivity (Wildman–Crippen MR) is 171 cm³/mol. The first-order chi connectivity index (χ1) is 19.2. The van der Waals surface area contributed by atoms with E-state index in [1.807, 2.05) is 0 Å². The average molecular weight is 531 g/mol. The van der Waals surface area contributed by atoms with Crippen LogP contribution in [0, 0.1) is 5.41 Å². The quantitative estimate of drug-likeness (QED) is 0.319. The standard InChI is InChI=1S/C38H46N2/c1-7-14-28(2)35-27-40-36(23-29(35)3)34-20-19-30(24-32(34)25-37(40)38(4,5)6)21-22-39(33-17-12-9-13-18-33)26-31-15-10-8-11-16-31/h8,10-12,15-20,23-24,27,37H,2-3,7,9,13-14,21-22,25-26H2,1,4-6H3. The van der Waals surface area contributed by atoms with E-state index >= 15 is 0 Å². The van der Waals surface area contributed by atoms with Crippen molar-refractivity contribution >= 4 is 5.70 Å². The first kappa shape index (κ1) is 28.0. The summed E-state index contributed by atoms with van der Waals surface area (Å²) in [6.07, 6.45) is 18.1. The second-order valence-electron chi connectivity index (χ2n) is 12.7. The summed E-state index contributed by atoms with van der Waals surface area (Å²) in [7, 11) is 0. The van der Waals surface area contributed by atoms with E-state index in [1.54, 1.807) is 0 Å². The van der Waals surface area contributed by atoms with E-state index in [-0.39, 0.29) is 5.41 Å². The number of benzene rings is 2. The van der Waals surface area contributed by atoms with Crippen LogP contribution in [0.15, 0.2) is 115 Å². The third kappa shape index (κ3) is 6.12. The van der Waals surface area contributed by atoms with Crippen molar-refractivity contribution in [2.45, 2.75) is 78.8 Å². The number of nitrogens with zero attached hydrogens (tertiary/aromatic N) is 2. The van der Waals surface area contributed by atoms with Gasteiger partial charge in [0.05, 0.1) is 0 Å². The molecule has 0 spiro atoms. The van der Waals surface area contributed by atoms with Crippen molar-refractivity contribution in [1.29, 1.82) is 0 Å². The fourth-order valence-corrected chi connectivity index (χ4v) is 6.29. The maximum absolute atomic E-state index is 4.45. The van der Waals surface area contributed by atoms with Crippen LogP contribution in [0.3, 0.4) is 0 Å². The summed E-state index contributed by atoms with van der Waals surface area (Å²) in [5.74, 6) is 0. The molecular formula is C38H46N2. The van der Waals surface area contributed by atoms with Crippen molar-refractivity contribution in [1.82, 2.24) is 9.80 Å². The van der Waals surface area contributed by atoms with Crippen LogP contribution >= 0.6 is 0 Å². The zero-order chi connectivity index (χ0) is 28.3. The topological polar surface area (TPSA) is 6.48 Å². The second-order valence-corrected chi connectivity index (χ2v) is 12.7. The molecule has 0 bridgehead atoms. The zero-order valence-corrected chi connectivity index (χ0v) is 25.0. The van der Waals surface area contributed by atoms with Gasteiger partial charge in [-0.2, -0.15) is 0 Å². The normalized spacial score (nSPS) is 18.4.